The Morgan fingerprint density at radius 3 is 2.65 bits per heavy atom. The maximum Gasteiger partial charge on any atom is 0.240 e. The number of methoxy groups -OCH3 is 1. The molecule has 20 heavy (non-hydrogen) atoms. The summed E-state index contributed by atoms with van der Waals surface area (Å²) in [6.07, 6.45) is 2.18. The lowest BCUT2D eigenvalue weighted by molar-refractivity contribution is 0.193. The van der Waals surface area contributed by atoms with Gasteiger partial charge in [0.25, 0.3) is 0 Å². The van der Waals surface area contributed by atoms with E-state index in [0.29, 0.717) is 25.1 Å². The van der Waals surface area contributed by atoms with Crippen LogP contribution < -0.4 is 4.72 Å². The monoisotopic (exact) mass is 301 g/mol. The van der Waals surface area contributed by atoms with Gasteiger partial charge >= 0.3 is 0 Å². The highest BCUT2D eigenvalue weighted by molar-refractivity contribution is 7.89. The van der Waals surface area contributed by atoms with Crippen LogP contribution in [0, 0.1) is 0 Å². The van der Waals surface area contributed by atoms with E-state index in [1.807, 2.05) is 6.92 Å². The van der Waals surface area contributed by atoms with E-state index in [1.54, 1.807) is 19.2 Å². The molecule has 0 spiro atoms. The van der Waals surface area contributed by atoms with Crippen LogP contribution >= 0.6 is 0 Å². The van der Waals surface area contributed by atoms with Gasteiger partial charge in [0.05, 0.1) is 11.5 Å². The predicted octanol–water partition coefficient (Wildman–Crippen LogP) is 1.45. The van der Waals surface area contributed by atoms with Crippen LogP contribution in [0.1, 0.15) is 30.9 Å². The van der Waals surface area contributed by atoms with Crippen molar-refractivity contribution < 1.29 is 18.3 Å². The molecular formula is C14H23NO4S. The summed E-state index contributed by atoms with van der Waals surface area (Å²) in [4.78, 5) is 0.262. The molecule has 5 nitrogen and oxygen atoms in total. The van der Waals surface area contributed by atoms with E-state index in [9.17, 15) is 8.42 Å². The van der Waals surface area contributed by atoms with Crippen molar-refractivity contribution in [1.82, 2.24) is 4.72 Å². The van der Waals surface area contributed by atoms with Crippen molar-refractivity contribution >= 4 is 10.0 Å². The number of ether oxygens (including phenoxy) is 1. The minimum atomic E-state index is -3.52. The summed E-state index contributed by atoms with van der Waals surface area (Å²) in [5.74, 6) is 0. The Morgan fingerprint density at radius 1 is 1.30 bits per heavy atom. The summed E-state index contributed by atoms with van der Waals surface area (Å²) in [5, 5.41) is 9.14. The summed E-state index contributed by atoms with van der Waals surface area (Å²) >= 11 is 0. The number of benzene rings is 1. The van der Waals surface area contributed by atoms with Crippen LogP contribution in [-0.2, 0) is 27.8 Å². The number of unbranched alkanes of at least 4 members (excludes halogenated alkanes) is 1. The Morgan fingerprint density at radius 2 is 2.05 bits per heavy atom. The molecule has 0 aliphatic heterocycles. The number of rotatable bonds is 9. The van der Waals surface area contributed by atoms with Gasteiger partial charge < -0.3 is 9.84 Å². The highest BCUT2D eigenvalue weighted by atomic mass is 32.2. The van der Waals surface area contributed by atoms with E-state index in [1.165, 1.54) is 6.07 Å². The van der Waals surface area contributed by atoms with Gasteiger partial charge in [-0.15, -0.1) is 0 Å². The van der Waals surface area contributed by atoms with E-state index in [0.717, 1.165) is 18.4 Å². The lowest BCUT2D eigenvalue weighted by Crippen LogP contribution is -2.26. The van der Waals surface area contributed by atoms with Gasteiger partial charge in [-0.05, 0) is 36.5 Å². The van der Waals surface area contributed by atoms with Crippen molar-refractivity contribution in [1.29, 1.82) is 0 Å². The molecule has 0 bridgehead atoms. The number of nitrogens with one attached hydrogen (secondary N) is 1. The summed E-state index contributed by atoms with van der Waals surface area (Å²) in [5.41, 5.74) is 1.36. The van der Waals surface area contributed by atoms with Crippen molar-refractivity contribution in [2.24, 2.45) is 0 Å². The Hall–Kier alpha value is -0.950. The van der Waals surface area contributed by atoms with Crippen LogP contribution in [0.5, 0.6) is 0 Å². The first kappa shape index (κ1) is 17.1. The molecule has 1 rings (SSSR count). The van der Waals surface area contributed by atoms with Gasteiger partial charge in [0, 0.05) is 20.3 Å². The minimum absolute atomic E-state index is 0.166. The average Bonchev–Trinajstić information content (AvgIpc) is 2.46. The zero-order valence-corrected chi connectivity index (χ0v) is 12.9. The molecule has 1 aromatic carbocycles. The molecule has 0 aliphatic rings. The molecule has 0 heterocycles. The Kier molecular flexibility index (Phi) is 7.15. The fourth-order valence-electron chi connectivity index (χ4n) is 1.90. The summed E-state index contributed by atoms with van der Waals surface area (Å²) < 4.78 is 32.1. The first-order valence-electron chi connectivity index (χ1n) is 6.76. The molecule has 1 aromatic rings. The molecule has 0 atom stereocenters. The molecule has 0 saturated carbocycles. The number of hydrogen-bond acceptors (Lipinski definition) is 4. The Labute approximate surface area is 121 Å². The minimum Gasteiger partial charge on any atom is -0.392 e. The van der Waals surface area contributed by atoms with E-state index in [-0.39, 0.29) is 11.5 Å². The largest absolute Gasteiger partial charge is 0.392 e. The van der Waals surface area contributed by atoms with Crippen molar-refractivity contribution in [2.45, 2.75) is 37.7 Å². The molecule has 0 aliphatic carbocycles. The summed E-state index contributed by atoms with van der Waals surface area (Å²) in [7, 11) is -1.90. The number of aryl methyl sites for hydroxylation is 1. The summed E-state index contributed by atoms with van der Waals surface area (Å²) in [6, 6.07) is 5.04. The Balaban J connectivity index is 2.80. The fraction of sp³-hybridized carbons (Fsp3) is 0.571. The topological polar surface area (TPSA) is 75.6 Å². The van der Waals surface area contributed by atoms with Crippen LogP contribution in [0.2, 0.25) is 0 Å². The molecular weight excluding hydrogens is 278 g/mol. The predicted molar refractivity (Wildman–Crippen MR) is 78.0 cm³/mol. The number of hydrogen-bond donors (Lipinski definition) is 2. The molecule has 0 aromatic heterocycles. The Bertz CT molecular complexity index is 514. The normalized spacial score (nSPS) is 11.8. The number of aliphatic hydroxyl groups excluding tert-OH is 1. The summed E-state index contributed by atoms with van der Waals surface area (Å²) in [6.45, 7) is 2.76. The van der Waals surface area contributed by atoms with Crippen molar-refractivity contribution in [3.8, 4) is 0 Å². The zero-order chi connectivity index (χ0) is 15.0. The molecule has 114 valence electrons. The second-order valence-electron chi connectivity index (χ2n) is 4.55. The zero-order valence-electron chi connectivity index (χ0n) is 12.1. The highest BCUT2D eigenvalue weighted by Gasteiger charge is 2.17. The molecule has 0 radical (unpaired) electrons. The van der Waals surface area contributed by atoms with Gasteiger partial charge in [0.2, 0.25) is 10.0 Å². The molecule has 2 N–H and O–H groups in total. The molecule has 0 unspecified atom stereocenters. The lowest BCUT2D eigenvalue weighted by Gasteiger charge is -2.12. The van der Waals surface area contributed by atoms with Gasteiger partial charge in [-0.1, -0.05) is 19.1 Å². The number of aliphatic hydroxyl groups is 1. The van der Waals surface area contributed by atoms with Crippen LogP contribution in [0.25, 0.3) is 0 Å². The lowest BCUT2D eigenvalue weighted by atomic mass is 10.1. The van der Waals surface area contributed by atoms with Crippen LogP contribution in [0.3, 0.4) is 0 Å². The quantitative estimate of drug-likeness (QED) is 0.677. The SMILES string of the molecule is CCc1ccc(CO)cc1S(=O)(=O)NCCCCOC. The van der Waals surface area contributed by atoms with E-state index in [2.05, 4.69) is 4.72 Å². The van der Waals surface area contributed by atoms with Crippen LogP contribution in [-0.4, -0.2) is 33.8 Å². The molecule has 0 fully saturated rings. The van der Waals surface area contributed by atoms with E-state index < -0.39 is 10.0 Å². The van der Waals surface area contributed by atoms with E-state index >= 15 is 0 Å². The smallest absolute Gasteiger partial charge is 0.240 e. The van der Waals surface area contributed by atoms with Gasteiger partial charge in [-0.2, -0.15) is 0 Å². The molecule has 0 amide bonds. The van der Waals surface area contributed by atoms with Gasteiger partial charge in [-0.3, -0.25) is 0 Å². The van der Waals surface area contributed by atoms with Crippen molar-refractivity contribution in [2.75, 3.05) is 20.3 Å². The van der Waals surface area contributed by atoms with E-state index in [4.69, 9.17) is 9.84 Å². The first-order chi connectivity index (χ1) is 9.55. The average molecular weight is 301 g/mol. The maximum atomic E-state index is 12.3. The van der Waals surface area contributed by atoms with Crippen LogP contribution in [0.4, 0.5) is 0 Å². The standard InChI is InChI=1S/C14H23NO4S/c1-3-13-7-6-12(11-16)10-14(13)20(17,18)15-8-4-5-9-19-2/h6-7,10,15-16H,3-5,8-9,11H2,1-2H3. The third-order valence-corrected chi connectivity index (χ3v) is 4.60. The fourth-order valence-corrected chi connectivity index (χ4v) is 3.33. The van der Waals surface area contributed by atoms with Crippen LogP contribution in [0.15, 0.2) is 23.1 Å². The number of sulfonamides is 1. The highest BCUT2D eigenvalue weighted by Crippen LogP contribution is 2.18. The van der Waals surface area contributed by atoms with Gasteiger partial charge in [-0.25, -0.2) is 13.1 Å². The van der Waals surface area contributed by atoms with Gasteiger partial charge in [0.15, 0.2) is 0 Å². The first-order valence-corrected chi connectivity index (χ1v) is 8.24. The second-order valence-corrected chi connectivity index (χ2v) is 6.29. The molecule has 0 saturated heterocycles. The third-order valence-electron chi connectivity index (χ3n) is 3.05. The second kappa shape index (κ2) is 8.36. The maximum absolute atomic E-state index is 12.3. The van der Waals surface area contributed by atoms with Crippen molar-refractivity contribution in [3.63, 3.8) is 0 Å². The van der Waals surface area contributed by atoms with Gasteiger partial charge in [0.1, 0.15) is 0 Å². The van der Waals surface area contributed by atoms with Crippen molar-refractivity contribution in [3.05, 3.63) is 29.3 Å². The third kappa shape index (κ3) is 4.86. The molecule has 6 heteroatoms.